The van der Waals surface area contributed by atoms with Crippen molar-refractivity contribution in [2.75, 3.05) is 18.4 Å². The summed E-state index contributed by atoms with van der Waals surface area (Å²) in [5.74, 6) is -0.149. The molecule has 6 heteroatoms. The summed E-state index contributed by atoms with van der Waals surface area (Å²) in [7, 11) is 0. The molecule has 0 saturated carbocycles. The number of nitrogens with one attached hydrogen (secondary N) is 2. The fraction of sp³-hybridized carbons (Fsp3) is 0.240. The number of nitrogens with zero attached hydrogens (tertiary/aromatic N) is 1. The molecule has 0 atom stereocenters. The van der Waals surface area contributed by atoms with Crippen LogP contribution in [0.5, 0.6) is 0 Å². The van der Waals surface area contributed by atoms with E-state index in [1.54, 1.807) is 6.07 Å². The predicted molar refractivity (Wildman–Crippen MR) is 128 cm³/mol. The Balaban J connectivity index is 1.37. The molecule has 1 fully saturated rings. The van der Waals surface area contributed by atoms with E-state index in [9.17, 15) is 9.59 Å². The van der Waals surface area contributed by atoms with Crippen LogP contribution in [0.25, 0.3) is 10.8 Å². The fourth-order valence-electron chi connectivity index (χ4n) is 3.96. The van der Waals surface area contributed by atoms with E-state index in [0.29, 0.717) is 11.3 Å². The Bertz CT molecular complexity index is 1120. The van der Waals surface area contributed by atoms with Crippen molar-refractivity contribution in [3.8, 4) is 0 Å². The van der Waals surface area contributed by atoms with Crippen LogP contribution in [0.1, 0.15) is 35.2 Å². The minimum absolute atomic E-state index is 0.0364. The molecule has 31 heavy (non-hydrogen) atoms. The van der Waals surface area contributed by atoms with Crippen molar-refractivity contribution in [2.45, 2.75) is 25.7 Å². The zero-order valence-electron chi connectivity index (χ0n) is 17.3. The van der Waals surface area contributed by atoms with Crippen LogP contribution in [0.3, 0.4) is 0 Å². The van der Waals surface area contributed by atoms with Crippen molar-refractivity contribution in [2.24, 2.45) is 0 Å². The molecular weight excluding hydrogens is 406 g/mol. The average molecular weight is 432 g/mol. The summed E-state index contributed by atoms with van der Waals surface area (Å²) in [6, 6.07) is 21.2. The molecule has 0 aromatic heterocycles. The molecule has 0 spiro atoms. The third kappa shape index (κ3) is 5.27. The highest BCUT2D eigenvalue weighted by molar-refractivity contribution is 7.80. The van der Waals surface area contributed by atoms with Crippen LogP contribution in [-0.4, -0.2) is 34.9 Å². The number of piperidine rings is 1. The lowest BCUT2D eigenvalue weighted by Gasteiger charge is -2.26. The van der Waals surface area contributed by atoms with E-state index in [1.807, 2.05) is 65.6 Å². The van der Waals surface area contributed by atoms with Gasteiger partial charge in [0.1, 0.15) is 0 Å². The first-order valence-electron chi connectivity index (χ1n) is 10.6. The molecule has 0 bridgehead atoms. The number of hydrogen-bond donors (Lipinski definition) is 2. The largest absolute Gasteiger partial charge is 0.339 e. The molecule has 1 aliphatic heterocycles. The molecule has 5 nitrogen and oxygen atoms in total. The van der Waals surface area contributed by atoms with Crippen LogP contribution in [0.4, 0.5) is 5.69 Å². The third-order valence-corrected chi connectivity index (χ3v) is 5.70. The van der Waals surface area contributed by atoms with E-state index in [1.165, 1.54) is 6.42 Å². The predicted octanol–water partition coefficient (Wildman–Crippen LogP) is 4.52. The van der Waals surface area contributed by atoms with Crippen molar-refractivity contribution >= 4 is 45.6 Å². The third-order valence-electron chi connectivity index (χ3n) is 5.49. The summed E-state index contributed by atoms with van der Waals surface area (Å²) < 4.78 is 0. The van der Waals surface area contributed by atoms with Gasteiger partial charge in [0.2, 0.25) is 5.91 Å². The SMILES string of the molecule is O=C(Cc1cccc2ccccc12)NC(=S)Nc1cccc(C(=O)N2CCCCC2)c1. The molecule has 4 rings (SSSR count). The monoisotopic (exact) mass is 431 g/mol. The molecule has 2 amide bonds. The standard InChI is InChI=1S/C25H25N3O2S/c29-23(17-19-10-6-9-18-8-2-3-13-22(18)19)27-25(31)26-21-12-7-11-20(16-21)24(30)28-14-4-1-5-15-28/h2-3,6-13,16H,1,4-5,14-15,17H2,(H2,26,27,29,31). The van der Waals surface area contributed by atoms with Gasteiger partial charge in [-0.1, -0.05) is 48.5 Å². The second-order valence-electron chi connectivity index (χ2n) is 7.75. The molecule has 3 aromatic rings. The number of rotatable bonds is 4. The number of thiocarbonyl (C=S) groups is 1. The Morgan fingerprint density at radius 2 is 1.65 bits per heavy atom. The van der Waals surface area contributed by atoms with Gasteiger partial charge in [-0.2, -0.15) is 0 Å². The second-order valence-corrected chi connectivity index (χ2v) is 8.16. The first-order valence-corrected chi connectivity index (χ1v) is 11.0. The number of carbonyl (C=O) groups excluding carboxylic acids is 2. The smallest absolute Gasteiger partial charge is 0.253 e. The number of benzene rings is 3. The average Bonchev–Trinajstić information content (AvgIpc) is 2.79. The maximum Gasteiger partial charge on any atom is 0.253 e. The maximum atomic E-state index is 12.7. The highest BCUT2D eigenvalue weighted by Gasteiger charge is 2.18. The number of anilines is 1. The van der Waals surface area contributed by atoms with Crippen molar-refractivity contribution in [1.29, 1.82) is 0 Å². The minimum atomic E-state index is -0.186. The highest BCUT2D eigenvalue weighted by atomic mass is 32.1. The maximum absolute atomic E-state index is 12.7. The number of amides is 2. The topological polar surface area (TPSA) is 61.4 Å². The van der Waals surface area contributed by atoms with Crippen molar-refractivity contribution in [3.63, 3.8) is 0 Å². The fourth-order valence-corrected chi connectivity index (χ4v) is 4.19. The molecule has 1 saturated heterocycles. The molecular formula is C25H25N3O2S. The van der Waals surface area contributed by atoms with Gasteiger partial charge in [0.15, 0.2) is 5.11 Å². The van der Waals surface area contributed by atoms with E-state index in [2.05, 4.69) is 10.6 Å². The van der Waals surface area contributed by atoms with Crippen LogP contribution < -0.4 is 10.6 Å². The van der Waals surface area contributed by atoms with Gasteiger partial charge in [0.25, 0.3) is 5.91 Å². The Labute approximate surface area is 187 Å². The van der Waals surface area contributed by atoms with Crippen LogP contribution in [0.15, 0.2) is 66.7 Å². The van der Waals surface area contributed by atoms with Gasteiger partial charge in [0.05, 0.1) is 6.42 Å². The minimum Gasteiger partial charge on any atom is -0.339 e. The van der Waals surface area contributed by atoms with Gasteiger partial charge >= 0.3 is 0 Å². The summed E-state index contributed by atoms with van der Waals surface area (Å²) in [4.78, 5) is 27.2. The van der Waals surface area contributed by atoms with Crippen LogP contribution >= 0.6 is 12.2 Å². The van der Waals surface area contributed by atoms with E-state index in [4.69, 9.17) is 12.2 Å². The second kappa shape index (κ2) is 9.71. The van der Waals surface area contributed by atoms with Gasteiger partial charge in [0, 0.05) is 24.3 Å². The Morgan fingerprint density at radius 3 is 2.48 bits per heavy atom. The zero-order valence-corrected chi connectivity index (χ0v) is 18.1. The molecule has 0 radical (unpaired) electrons. The zero-order chi connectivity index (χ0) is 21.6. The molecule has 1 aliphatic rings. The van der Waals surface area contributed by atoms with E-state index >= 15 is 0 Å². The van der Waals surface area contributed by atoms with Gasteiger partial charge in [-0.15, -0.1) is 0 Å². The summed E-state index contributed by atoms with van der Waals surface area (Å²) in [5.41, 5.74) is 2.25. The lowest BCUT2D eigenvalue weighted by atomic mass is 10.0. The number of fused-ring (bicyclic) bond motifs is 1. The van der Waals surface area contributed by atoms with Crippen LogP contribution in [0, 0.1) is 0 Å². The lowest BCUT2D eigenvalue weighted by Crippen LogP contribution is -2.36. The normalized spacial score (nSPS) is 13.6. The molecule has 2 N–H and O–H groups in total. The van der Waals surface area contributed by atoms with E-state index in [0.717, 1.165) is 42.3 Å². The van der Waals surface area contributed by atoms with Crippen LogP contribution in [0.2, 0.25) is 0 Å². The summed E-state index contributed by atoms with van der Waals surface area (Å²) in [6.45, 7) is 1.61. The first kappa shape index (κ1) is 21.0. The van der Waals surface area contributed by atoms with Crippen molar-refractivity contribution in [1.82, 2.24) is 10.2 Å². The van der Waals surface area contributed by atoms with Crippen molar-refractivity contribution in [3.05, 3.63) is 77.9 Å². The van der Waals surface area contributed by atoms with Gasteiger partial charge < -0.3 is 15.5 Å². The molecule has 0 unspecified atom stereocenters. The van der Waals surface area contributed by atoms with Gasteiger partial charge in [-0.25, -0.2) is 0 Å². The number of likely N-dealkylation sites (tertiary alicyclic amines) is 1. The van der Waals surface area contributed by atoms with E-state index < -0.39 is 0 Å². The molecule has 3 aromatic carbocycles. The Kier molecular flexibility index (Phi) is 6.57. The Hall–Kier alpha value is -3.25. The van der Waals surface area contributed by atoms with Gasteiger partial charge in [-0.05, 0) is 66.0 Å². The molecule has 158 valence electrons. The quantitative estimate of drug-likeness (QED) is 0.596. The van der Waals surface area contributed by atoms with Crippen LogP contribution in [-0.2, 0) is 11.2 Å². The van der Waals surface area contributed by atoms with Gasteiger partial charge in [-0.3, -0.25) is 9.59 Å². The Morgan fingerprint density at radius 1 is 0.903 bits per heavy atom. The van der Waals surface area contributed by atoms with Crippen molar-refractivity contribution < 1.29 is 9.59 Å². The lowest BCUT2D eigenvalue weighted by molar-refractivity contribution is -0.119. The number of hydrogen-bond acceptors (Lipinski definition) is 3. The summed E-state index contributed by atoms with van der Waals surface area (Å²) >= 11 is 5.32. The first-order chi connectivity index (χ1) is 15.1. The number of carbonyl (C=O) groups is 2. The molecule has 1 heterocycles. The summed E-state index contributed by atoms with van der Waals surface area (Å²) in [5, 5.41) is 8.14. The highest BCUT2D eigenvalue weighted by Crippen LogP contribution is 2.19. The molecule has 0 aliphatic carbocycles. The van der Waals surface area contributed by atoms with E-state index in [-0.39, 0.29) is 23.3 Å². The summed E-state index contributed by atoms with van der Waals surface area (Å²) in [6.07, 6.45) is 3.52.